The summed E-state index contributed by atoms with van der Waals surface area (Å²) in [4.78, 5) is 19.7. The number of rotatable bonds is 2. The van der Waals surface area contributed by atoms with Crippen molar-refractivity contribution in [3.8, 4) is 10.4 Å². The minimum atomic E-state index is 0.0451. The van der Waals surface area contributed by atoms with Crippen LogP contribution >= 0.6 is 11.3 Å². The summed E-state index contributed by atoms with van der Waals surface area (Å²) in [6.45, 7) is 0. The number of pyridine rings is 1. The Morgan fingerprint density at radius 2 is 2.00 bits per heavy atom. The molecule has 0 bridgehead atoms. The zero-order valence-corrected chi connectivity index (χ0v) is 12.1. The molecule has 0 aliphatic rings. The zero-order valence-electron chi connectivity index (χ0n) is 11.3. The van der Waals surface area contributed by atoms with E-state index in [1.54, 1.807) is 25.2 Å². The highest BCUT2D eigenvalue weighted by molar-refractivity contribution is 7.17. The number of hydrogen-bond donors (Lipinski definition) is 0. The maximum Gasteiger partial charge on any atom is 0.263 e. The topological polar surface area (TPSA) is 33.2 Å². The second kappa shape index (κ2) is 5.06. The van der Waals surface area contributed by atoms with Crippen molar-refractivity contribution in [3.63, 3.8) is 0 Å². The number of hydrogen-bond acceptors (Lipinski definition) is 3. The Morgan fingerprint density at radius 3 is 2.80 bits per heavy atom. The summed E-state index contributed by atoms with van der Waals surface area (Å²) in [5, 5.41) is 1.11. The van der Waals surface area contributed by atoms with Crippen LogP contribution in [-0.4, -0.2) is 29.9 Å². The number of carbonyl (C=O) groups is 1. The Morgan fingerprint density at radius 1 is 1.15 bits per heavy atom. The van der Waals surface area contributed by atoms with Gasteiger partial charge >= 0.3 is 0 Å². The summed E-state index contributed by atoms with van der Waals surface area (Å²) in [5.74, 6) is 0.0451. The predicted molar refractivity (Wildman–Crippen MR) is 83.1 cm³/mol. The van der Waals surface area contributed by atoms with E-state index in [0.717, 1.165) is 26.2 Å². The lowest BCUT2D eigenvalue weighted by Crippen LogP contribution is -2.20. The normalized spacial score (nSPS) is 10.7. The lowest BCUT2D eigenvalue weighted by atomic mass is 10.1. The molecule has 100 valence electrons. The van der Waals surface area contributed by atoms with Crippen LogP contribution in [0.5, 0.6) is 0 Å². The molecule has 0 fully saturated rings. The average Bonchev–Trinajstić information content (AvgIpc) is 2.95. The molecule has 0 spiro atoms. The number of thiophene rings is 1. The van der Waals surface area contributed by atoms with Gasteiger partial charge in [0.25, 0.3) is 5.91 Å². The van der Waals surface area contributed by atoms with Crippen LogP contribution in [0.2, 0.25) is 0 Å². The fourth-order valence-electron chi connectivity index (χ4n) is 2.06. The number of aromatic nitrogens is 1. The molecule has 0 saturated heterocycles. The van der Waals surface area contributed by atoms with Crippen molar-refractivity contribution in [2.75, 3.05) is 14.1 Å². The standard InChI is InChI=1S/C16H14N2OS/c1-18(2)16(19)15-8-7-14(20-15)12-5-6-13-11(10-12)4-3-9-17-13/h3-10H,1-2H3. The molecule has 0 unspecified atom stereocenters. The van der Waals surface area contributed by atoms with Crippen molar-refractivity contribution in [2.24, 2.45) is 0 Å². The van der Waals surface area contributed by atoms with Crippen LogP contribution < -0.4 is 0 Å². The van der Waals surface area contributed by atoms with E-state index in [2.05, 4.69) is 11.1 Å². The molecule has 3 nitrogen and oxygen atoms in total. The first-order valence-electron chi connectivity index (χ1n) is 6.32. The highest BCUT2D eigenvalue weighted by Gasteiger charge is 2.12. The Bertz CT molecular complexity index is 777. The Hall–Kier alpha value is -2.20. The van der Waals surface area contributed by atoms with Crippen molar-refractivity contribution in [2.45, 2.75) is 0 Å². The minimum absolute atomic E-state index is 0.0451. The van der Waals surface area contributed by atoms with E-state index in [0.29, 0.717) is 0 Å². The first-order valence-corrected chi connectivity index (χ1v) is 7.13. The summed E-state index contributed by atoms with van der Waals surface area (Å²) in [6.07, 6.45) is 1.79. The van der Waals surface area contributed by atoms with Crippen LogP contribution in [-0.2, 0) is 0 Å². The largest absolute Gasteiger partial charge is 0.344 e. The fraction of sp³-hybridized carbons (Fsp3) is 0.125. The van der Waals surface area contributed by atoms with Gasteiger partial charge in [-0.15, -0.1) is 11.3 Å². The van der Waals surface area contributed by atoms with E-state index in [9.17, 15) is 4.79 Å². The smallest absolute Gasteiger partial charge is 0.263 e. The average molecular weight is 282 g/mol. The molecule has 0 saturated carbocycles. The zero-order chi connectivity index (χ0) is 14.1. The first kappa shape index (κ1) is 12.8. The van der Waals surface area contributed by atoms with Crippen molar-refractivity contribution in [1.82, 2.24) is 9.88 Å². The van der Waals surface area contributed by atoms with Gasteiger partial charge in [0.05, 0.1) is 10.4 Å². The molecule has 2 aromatic heterocycles. The van der Waals surface area contributed by atoms with E-state index >= 15 is 0 Å². The number of benzene rings is 1. The Balaban J connectivity index is 2.01. The Kier molecular flexibility index (Phi) is 3.24. The Labute approximate surface area is 121 Å². The van der Waals surface area contributed by atoms with E-state index < -0.39 is 0 Å². The van der Waals surface area contributed by atoms with Crippen molar-refractivity contribution in [1.29, 1.82) is 0 Å². The van der Waals surface area contributed by atoms with Crippen LogP contribution in [0.25, 0.3) is 21.3 Å². The molecule has 20 heavy (non-hydrogen) atoms. The molecule has 0 aliphatic heterocycles. The van der Waals surface area contributed by atoms with Gasteiger partial charge in [-0.05, 0) is 35.9 Å². The second-order valence-electron chi connectivity index (χ2n) is 4.77. The van der Waals surface area contributed by atoms with Crippen LogP contribution in [0.4, 0.5) is 0 Å². The van der Waals surface area contributed by atoms with Crippen LogP contribution in [0.1, 0.15) is 9.67 Å². The van der Waals surface area contributed by atoms with Gasteiger partial charge in [-0.25, -0.2) is 0 Å². The van der Waals surface area contributed by atoms with E-state index in [1.807, 2.05) is 36.4 Å². The molecule has 0 aliphatic carbocycles. The van der Waals surface area contributed by atoms with Gasteiger partial charge in [0.15, 0.2) is 0 Å². The number of carbonyl (C=O) groups excluding carboxylic acids is 1. The number of nitrogens with zero attached hydrogens (tertiary/aromatic N) is 2. The fourth-order valence-corrected chi connectivity index (χ4v) is 3.08. The first-order chi connectivity index (χ1) is 9.65. The summed E-state index contributed by atoms with van der Waals surface area (Å²) in [6, 6.07) is 14.0. The van der Waals surface area contributed by atoms with Gasteiger partial charge in [0, 0.05) is 30.6 Å². The molecule has 1 aromatic carbocycles. The molecule has 4 heteroatoms. The maximum absolute atomic E-state index is 11.9. The molecule has 3 aromatic rings. The van der Waals surface area contributed by atoms with Gasteiger partial charge in [-0.2, -0.15) is 0 Å². The lowest BCUT2D eigenvalue weighted by molar-refractivity contribution is 0.0832. The van der Waals surface area contributed by atoms with Gasteiger partial charge < -0.3 is 4.90 Å². The monoisotopic (exact) mass is 282 g/mol. The van der Waals surface area contributed by atoms with Crippen LogP contribution in [0.15, 0.2) is 48.7 Å². The molecule has 0 atom stereocenters. The maximum atomic E-state index is 11.9. The molecule has 1 amide bonds. The van der Waals surface area contributed by atoms with Crippen molar-refractivity contribution in [3.05, 3.63) is 53.5 Å². The summed E-state index contributed by atoms with van der Waals surface area (Å²) in [5.41, 5.74) is 2.10. The highest BCUT2D eigenvalue weighted by atomic mass is 32.1. The number of fused-ring (bicyclic) bond motifs is 1. The predicted octanol–water partition coefficient (Wildman–Crippen LogP) is 3.67. The highest BCUT2D eigenvalue weighted by Crippen LogP contribution is 2.30. The van der Waals surface area contributed by atoms with E-state index in [-0.39, 0.29) is 5.91 Å². The van der Waals surface area contributed by atoms with E-state index in [4.69, 9.17) is 0 Å². The third-order valence-corrected chi connectivity index (χ3v) is 4.23. The second-order valence-corrected chi connectivity index (χ2v) is 5.86. The lowest BCUT2D eigenvalue weighted by Gasteiger charge is -2.07. The summed E-state index contributed by atoms with van der Waals surface area (Å²) >= 11 is 1.52. The molecular formula is C16H14N2OS. The molecule has 3 rings (SSSR count). The summed E-state index contributed by atoms with van der Waals surface area (Å²) in [7, 11) is 3.53. The van der Waals surface area contributed by atoms with Crippen molar-refractivity contribution < 1.29 is 4.79 Å². The van der Waals surface area contributed by atoms with Gasteiger partial charge in [0.1, 0.15) is 0 Å². The third kappa shape index (κ3) is 2.30. The van der Waals surface area contributed by atoms with E-state index in [1.165, 1.54) is 11.3 Å². The summed E-state index contributed by atoms with van der Waals surface area (Å²) < 4.78 is 0. The molecule has 0 radical (unpaired) electrons. The van der Waals surface area contributed by atoms with Gasteiger partial charge in [0.2, 0.25) is 0 Å². The minimum Gasteiger partial charge on any atom is -0.344 e. The van der Waals surface area contributed by atoms with Gasteiger partial charge in [-0.3, -0.25) is 9.78 Å². The molecule has 0 N–H and O–H groups in total. The van der Waals surface area contributed by atoms with Gasteiger partial charge in [-0.1, -0.05) is 12.1 Å². The quantitative estimate of drug-likeness (QED) is 0.718. The third-order valence-electron chi connectivity index (χ3n) is 3.11. The van der Waals surface area contributed by atoms with Crippen molar-refractivity contribution >= 4 is 28.1 Å². The van der Waals surface area contributed by atoms with Crippen LogP contribution in [0, 0.1) is 0 Å². The molecular weight excluding hydrogens is 268 g/mol. The SMILES string of the molecule is CN(C)C(=O)c1ccc(-c2ccc3ncccc3c2)s1. The van der Waals surface area contributed by atoms with Crippen LogP contribution in [0.3, 0.4) is 0 Å². The number of amides is 1. The molecule has 2 heterocycles.